The fourth-order valence-electron chi connectivity index (χ4n) is 0.249. The van der Waals surface area contributed by atoms with E-state index in [-0.39, 0.29) is 0 Å². The van der Waals surface area contributed by atoms with Gasteiger partial charge in [-0.25, -0.2) is 0 Å². The smallest absolute Gasteiger partial charge is 0.0982 e. The molecular formula is C4H10NOP. The van der Waals surface area contributed by atoms with Crippen LogP contribution in [0.5, 0.6) is 0 Å². The van der Waals surface area contributed by atoms with Gasteiger partial charge >= 0.3 is 0 Å². The highest BCUT2D eigenvalue weighted by Crippen LogP contribution is 2.34. The number of hydrogen-bond donors (Lipinski definition) is 1. The molecule has 0 amide bonds. The van der Waals surface area contributed by atoms with Gasteiger partial charge in [-0.1, -0.05) is 6.30 Å². The number of rotatable bonds is 1. The van der Waals surface area contributed by atoms with Crippen LogP contribution in [0.1, 0.15) is 6.92 Å². The van der Waals surface area contributed by atoms with Gasteiger partial charge in [-0.15, -0.1) is 0 Å². The van der Waals surface area contributed by atoms with E-state index in [1.165, 1.54) is 0 Å². The molecule has 1 atom stereocenters. The monoisotopic (exact) mass is 119 g/mol. The minimum absolute atomic E-state index is 1.57. The highest BCUT2D eigenvalue weighted by molar-refractivity contribution is 7.66. The van der Waals surface area contributed by atoms with Crippen LogP contribution in [0, 0.1) is 0 Å². The van der Waals surface area contributed by atoms with E-state index in [0.717, 1.165) is 0 Å². The Morgan fingerprint density at radius 1 is 1.86 bits per heavy atom. The van der Waals surface area contributed by atoms with Crippen LogP contribution in [0.3, 0.4) is 0 Å². The molecule has 3 heteroatoms. The van der Waals surface area contributed by atoms with E-state index in [4.69, 9.17) is 4.89 Å². The molecule has 0 bridgehead atoms. The maximum absolute atomic E-state index is 8.82. The third-order valence-electron chi connectivity index (χ3n) is 0.364. The van der Waals surface area contributed by atoms with Crippen molar-refractivity contribution in [2.24, 2.45) is 4.76 Å². The normalized spacial score (nSPS) is 19.9. The van der Waals surface area contributed by atoms with Gasteiger partial charge in [-0.2, -0.15) is 0 Å². The Bertz CT molecular complexity index is 113. The van der Waals surface area contributed by atoms with Crippen LogP contribution in [-0.4, -0.2) is 24.1 Å². The molecule has 42 valence electrons. The first-order valence-electron chi connectivity index (χ1n) is 2.00. The quantitative estimate of drug-likeness (QED) is 0.405. The summed E-state index contributed by atoms with van der Waals surface area (Å²) in [4.78, 5) is 8.82. The first-order valence-corrected chi connectivity index (χ1v) is 4.33. The van der Waals surface area contributed by atoms with E-state index in [9.17, 15) is 0 Å². The van der Waals surface area contributed by atoms with Crippen LogP contribution >= 0.6 is 7.26 Å². The third-order valence-corrected chi connectivity index (χ3v) is 1.09. The van der Waals surface area contributed by atoms with Crippen LogP contribution in [-0.2, 0) is 0 Å². The number of hydrogen-bond acceptors (Lipinski definition) is 2. The zero-order valence-corrected chi connectivity index (χ0v) is 5.52. The molecular weight excluding hydrogens is 109 g/mol. The van der Waals surface area contributed by atoms with Gasteiger partial charge < -0.3 is 4.89 Å². The summed E-state index contributed by atoms with van der Waals surface area (Å²) < 4.78 is 3.69. The SMILES string of the molecule is C=P(C)(O)/N=C/C. The molecule has 0 aliphatic carbocycles. The van der Waals surface area contributed by atoms with Crippen LogP contribution in [0.2, 0.25) is 0 Å². The molecule has 1 unspecified atom stereocenters. The van der Waals surface area contributed by atoms with Crippen LogP contribution < -0.4 is 0 Å². The van der Waals surface area contributed by atoms with Gasteiger partial charge in [-0.3, -0.25) is 4.76 Å². The second-order valence-corrected chi connectivity index (χ2v) is 3.87. The van der Waals surface area contributed by atoms with Crippen LogP contribution in [0.25, 0.3) is 0 Å². The predicted molar refractivity (Wildman–Crippen MR) is 36.3 cm³/mol. The topological polar surface area (TPSA) is 32.6 Å². The maximum Gasteiger partial charge on any atom is 0.0982 e. The Morgan fingerprint density at radius 3 is 2.29 bits per heavy atom. The van der Waals surface area contributed by atoms with Crippen LogP contribution in [0.4, 0.5) is 0 Å². The molecule has 7 heavy (non-hydrogen) atoms. The Balaban J connectivity index is 3.82. The van der Waals surface area contributed by atoms with Gasteiger partial charge in [0.15, 0.2) is 0 Å². The largest absolute Gasteiger partial charge is 0.357 e. The van der Waals surface area contributed by atoms with E-state index >= 15 is 0 Å². The molecule has 0 saturated carbocycles. The average molecular weight is 119 g/mol. The minimum Gasteiger partial charge on any atom is -0.357 e. The van der Waals surface area contributed by atoms with Crippen molar-refractivity contribution in [3.05, 3.63) is 0 Å². The van der Waals surface area contributed by atoms with Gasteiger partial charge in [0.1, 0.15) is 0 Å². The van der Waals surface area contributed by atoms with E-state index in [1.807, 2.05) is 0 Å². The van der Waals surface area contributed by atoms with Gasteiger partial charge in [0.25, 0.3) is 0 Å². The lowest BCUT2D eigenvalue weighted by Gasteiger charge is -1.99. The standard InChI is InChI=1S/C4H10NOP/c1-4-5-7(2,3)6/h4,6H,2H2,1,3H3/b5-4+. The average Bonchev–Trinajstić information content (AvgIpc) is 1.30. The zero-order chi connectivity index (χ0) is 5.91. The van der Waals surface area contributed by atoms with Crippen molar-refractivity contribution in [3.63, 3.8) is 0 Å². The Labute approximate surface area is 44.0 Å². The molecule has 0 aliphatic rings. The Hall–Kier alpha value is -0.0700. The molecule has 2 nitrogen and oxygen atoms in total. The summed E-state index contributed by atoms with van der Waals surface area (Å²) in [7, 11) is -2.10. The van der Waals surface area contributed by atoms with Gasteiger partial charge in [-0.05, 0) is 13.6 Å². The van der Waals surface area contributed by atoms with Crippen LogP contribution in [0.15, 0.2) is 4.76 Å². The fraction of sp³-hybridized carbons (Fsp3) is 0.500. The summed E-state index contributed by atoms with van der Waals surface area (Å²) in [5.41, 5.74) is 0. The number of nitrogens with zero attached hydrogens (tertiary/aromatic N) is 1. The van der Waals surface area contributed by atoms with Crippen molar-refractivity contribution in [1.29, 1.82) is 0 Å². The van der Waals surface area contributed by atoms with E-state index in [2.05, 4.69) is 11.1 Å². The lowest BCUT2D eigenvalue weighted by molar-refractivity contribution is 0.629. The summed E-state index contributed by atoms with van der Waals surface area (Å²) >= 11 is 0. The summed E-state index contributed by atoms with van der Waals surface area (Å²) in [6.07, 6.45) is 5.00. The molecule has 0 heterocycles. The molecule has 0 aromatic carbocycles. The third kappa shape index (κ3) is 5.93. The van der Waals surface area contributed by atoms with Crippen molar-refractivity contribution in [3.8, 4) is 0 Å². The zero-order valence-electron chi connectivity index (χ0n) is 4.63. The van der Waals surface area contributed by atoms with Gasteiger partial charge in [0.2, 0.25) is 0 Å². The molecule has 0 rings (SSSR count). The summed E-state index contributed by atoms with van der Waals surface area (Å²) in [6, 6.07) is 0. The second kappa shape index (κ2) is 2.29. The summed E-state index contributed by atoms with van der Waals surface area (Å²) in [5, 5.41) is 0. The van der Waals surface area contributed by atoms with Gasteiger partial charge in [0, 0.05) is 6.21 Å². The van der Waals surface area contributed by atoms with Crippen molar-refractivity contribution in [1.82, 2.24) is 0 Å². The van der Waals surface area contributed by atoms with Crippen molar-refractivity contribution >= 4 is 19.8 Å². The molecule has 0 aliphatic heterocycles. The van der Waals surface area contributed by atoms with E-state index < -0.39 is 7.26 Å². The Kier molecular flexibility index (Phi) is 2.27. The Morgan fingerprint density at radius 2 is 2.29 bits per heavy atom. The summed E-state index contributed by atoms with van der Waals surface area (Å²) in [6.45, 7) is 3.40. The van der Waals surface area contributed by atoms with E-state index in [1.54, 1.807) is 19.8 Å². The lowest BCUT2D eigenvalue weighted by Crippen LogP contribution is -1.68. The van der Waals surface area contributed by atoms with Gasteiger partial charge in [0.05, 0.1) is 7.26 Å². The van der Waals surface area contributed by atoms with E-state index in [0.29, 0.717) is 0 Å². The van der Waals surface area contributed by atoms with Crippen molar-refractivity contribution in [2.75, 3.05) is 6.66 Å². The molecule has 0 aromatic rings. The molecule has 0 fully saturated rings. The van der Waals surface area contributed by atoms with Crippen molar-refractivity contribution < 1.29 is 4.89 Å². The first-order chi connectivity index (χ1) is 3.06. The maximum atomic E-state index is 8.82. The first kappa shape index (κ1) is 6.93. The molecule has 0 radical (unpaired) electrons. The minimum atomic E-state index is -2.10. The summed E-state index contributed by atoms with van der Waals surface area (Å²) in [5.74, 6) is 0. The lowest BCUT2D eigenvalue weighted by atomic mass is 10.9. The predicted octanol–water partition coefficient (Wildman–Crippen LogP) is 0.979. The fourth-order valence-corrected chi connectivity index (χ4v) is 0.746. The molecule has 1 N–H and O–H groups in total. The van der Waals surface area contributed by atoms with Crippen molar-refractivity contribution in [2.45, 2.75) is 6.92 Å². The molecule has 0 spiro atoms. The second-order valence-electron chi connectivity index (χ2n) is 1.46. The highest BCUT2D eigenvalue weighted by Gasteiger charge is 1.89. The molecule has 0 saturated heterocycles. The highest BCUT2D eigenvalue weighted by atomic mass is 31.2. The molecule has 0 aromatic heterocycles.